The molecule has 0 radical (unpaired) electrons. The smallest absolute Gasteiger partial charge is 0.243 e. The number of morpholine rings is 1. The molecule has 1 aliphatic heterocycles. The van der Waals surface area contributed by atoms with Crippen LogP contribution in [0.2, 0.25) is 0 Å². The Morgan fingerprint density at radius 3 is 2.63 bits per heavy atom. The number of hydrogen-bond acceptors (Lipinski definition) is 4. The van der Waals surface area contributed by atoms with Crippen LogP contribution < -0.4 is 0 Å². The van der Waals surface area contributed by atoms with E-state index in [4.69, 9.17) is 9.84 Å². The maximum absolute atomic E-state index is 12.4. The largest absolute Gasteiger partial charge is 0.394 e. The lowest BCUT2D eigenvalue weighted by Crippen LogP contribution is -2.46. The average molecular weight is 350 g/mol. The van der Waals surface area contributed by atoms with E-state index in [0.29, 0.717) is 18.5 Å². The first-order valence-corrected chi connectivity index (χ1v) is 8.51. The molecule has 19 heavy (non-hydrogen) atoms. The Hall–Kier alpha value is -0.470. The van der Waals surface area contributed by atoms with E-state index in [1.807, 2.05) is 0 Å². The van der Waals surface area contributed by atoms with Crippen LogP contribution >= 0.6 is 15.9 Å². The van der Waals surface area contributed by atoms with Gasteiger partial charge in [0.1, 0.15) is 0 Å². The molecular formula is C12H16BrNO4S. The molecule has 106 valence electrons. The number of hydrogen-bond donors (Lipinski definition) is 1. The Labute approximate surface area is 121 Å². The highest BCUT2D eigenvalue weighted by atomic mass is 79.9. The van der Waals surface area contributed by atoms with Crippen molar-refractivity contribution in [2.24, 2.45) is 0 Å². The number of ether oxygens (including phenoxy) is 1. The Bertz CT molecular complexity index is 517. The van der Waals surface area contributed by atoms with Crippen LogP contribution in [0.1, 0.15) is 5.56 Å². The minimum absolute atomic E-state index is 0.172. The van der Waals surface area contributed by atoms with E-state index in [-0.39, 0.29) is 18.0 Å². The van der Waals surface area contributed by atoms with Crippen LogP contribution in [-0.4, -0.2) is 50.2 Å². The fourth-order valence-corrected chi connectivity index (χ4v) is 3.75. The first-order chi connectivity index (χ1) is 9.07. The van der Waals surface area contributed by atoms with Crippen molar-refractivity contribution in [1.29, 1.82) is 0 Å². The lowest BCUT2D eigenvalue weighted by Gasteiger charge is -2.31. The zero-order valence-corrected chi connectivity index (χ0v) is 12.7. The first kappa shape index (κ1) is 14.9. The molecule has 0 spiro atoms. The summed E-state index contributed by atoms with van der Waals surface area (Å²) >= 11 is 3.32. The molecule has 1 heterocycles. The second-order valence-electron chi connectivity index (χ2n) is 4.32. The molecule has 1 fully saturated rings. The van der Waals surface area contributed by atoms with Gasteiger partial charge in [0.05, 0.1) is 24.2 Å². The number of nitrogens with zero attached hydrogens (tertiary/aromatic N) is 1. The third-order valence-corrected chi connectivity index (χ3v) is 5.55. The predicted molar refractivity (Wildman–Crippen MR) is 74.7 cm³/mol. The van der Waals surface area contributed by atoms with Crippen LogP contribution in [0.5, 0.6) is 0 Å². The van der Waals surface area contributed by atoms with Gasteiger partial charge in [-0.1, -0.05) is 28.1 Å². The molecule has 1 atom stereocenters. The molecule has 0 aliphatic carbocycles. The van der Waals surface area contributed by atoms with Gasteiger partial charge < -0.3 is 9.84 Å². The van der Waals surface area contributed by atoms with E-state index >= 15 is 0 Å². The van der Waals surface area contributed by atoms with Crippen LogP contribution in [0.4, 0.5) is 0 Å². The van der Waals surface area contributed by atoms with Crippen LogP contribution in [0, 0.1) is 0 Å². The van der Waals surface area contributed by atoms with Gasteiger partial charge in [0, 0.05) is 18.4 Å². The summed E-state index contributed by atoms with van der Waals surface area (Å²) in [5, 5.41) is 9.75. The Kier molecular flexibility index (Phi) is 4.97. The van der Waals surface area contributed by atoms with Crippen molar-refractivity contribution >= 4 is 26.0 Å². The predicted octanol–water partition coefficient (Wildman–Crippen LogP) is 0.963. The van der Waals surface area contributed by atoms with E-state index in [1.165, 1.54) is 4.31 Å². The van der Waals surface area contributed by atoms with E-state index in [0.717, 1.165) is 5.56 Å². The number of alkyl halides is 1. The van der Waals surface area contributed by atoms with Gasteiger partial charge in [-0.15, -0.1) is 0 Å². The summed E-state index contributed by atoms with van der Waals surface area (Å²) in [5.74, 6) is 0. The first-order valence-electron chi connectivity index (χ1n) is 5.95. The average Bonchev–Trinajstić information content (AvgIpc) is 2.47. The van der Waals surface area contributed by atoms with Gasteiger partial charge in [-0.25, -0.2) is 8.42 Å². The quantitative estimate of drug-likeness (QED) is 0.822. The van der Waals surface area contributed by atoms with Crippen LogP contribution in [0.25, 0.3) is 0 Å². The summed E-state index contributed by atoms with van der Waals surface area (Å²) in [7, 11) is -3.50. The number of aliphatic hydroxyl groups is 1. The van der Waals surface area contributed by atoms with Crippen LogP contribution in [0.15, 0.2) is 29.2 Å². The number of sulfonamides is 1. The van der Waals surface area contributed by atoms with Crippen molar-refractivity contribution < 1.29 is 18.3 Å². The number of halogens is 1. The Morgan fingerprint density at radius 1 is 1.37 bits per heavy atom. The number of benzene rings is 1. The maximum Gasteiger partial charge on any atom is 0.243 e. The molecule has 0 aromatic heterocycles. The van der Waals surface area contributed by atoms with Crippen molar-refractivity contribution in [3.05, 3.63) is 29.8 Å². The molecule has 0 bridgehead atoms. The van der Waals surface area contributed by atoms with Crippen LogP contribution in [0.3, 0.4) is 0 Å². The van der Waals surface area contributed by atoms with E-state index in [9.17, 15) is 8.42 Å². The summed E-state index contributed by atoms with van der Waals surface area (Å²) in [5.41, 5.74) is 1.02. The van der Waals surface area contributed by atoms with E-state index in [1.54, 1.807) is 24.3 Å². The third kappa shape index (κ3) is 3.35. The molecule has 2 rings (SSSR count). The lowest BCUT2D eigenvalue weighted by atomic mass is 10.2. The molecule has 5 nitrogen and oxygen atoms in total. The second-order valence-corrected chi connectivity index (χ2v) is 6.81. The SMILES string of the molecule is O=S(=O)(c1ccc(CBr)cc1)N1CCOC(CO)C1. The molecule has 0 saturated carbocycles. The molecule has 1 unspecified atom stereocenters. The lowest BCUT2D eigenvalue weighted by molar-refractivity contribution is -0.0304. The molecule has 1 N–H and O–H groups in total. The number of aliphatic hydroxyl groups excluding tert-OH is 1. The standard InChI is InChI=1S/C12H16BrNO4S/c13-7-10-1-3-12(4-2-10)19(16,17)14-5-6-18-11(8-14)9-15/h1-4,11,15H,5-9H2. The van der Waals surface area contributed by atoms with Crippen molar-refractivity contribution in [2.45, 2.75) is 16.3 Å². The highest BCUT2D eigenvalue weighted by molar-refractivity contribution is 9.08. The van der Waals surface area contributed by atoms with E-state index in [2.05, 4.69) is 15.9 Å². The number of rotatable bonds is 4. The summed E-state index contributed by atoms with van der Waals surface area (Å²) < 4.78 is 31.5. The van der Waals surface area contributed by atoms with Gasteiger partial charge in [-0.2, -0.15) is 4.31 Å². The molecule has 1 aromatic rings. The van der Waals surface area contributed by atoms with Gasteiger partial charge in [-0.3, -0.25) is 0 Å². The molecule has 1 aromatic carbocycles. The van der Waals surface area contributed by atoms with Crippen molar-refractivity contribution in [1.82, 2.24) is 4.31 Å². The normalized spacial score (nSPS) is 21.5. The van der Waals surface area contributed by atoms with Crippen LogP contribution in [-0.2, 0) is 20.1 Å². The highest BCUT2D eigenvalue weighted by Crippen LogP contribution is 2.19. The van der Waals surface area contributed by atoms with Crippen molar-refractivity contribution in [3.8, 4) is 0 Å². The van der Waals surface area contributed by atoms with Crippen molar-refractivity contribution in [3.63, 3.8) is 0 Å². The van der Waals surface area contributed by atoms with Gasteiger partial charge >= 0.3 is 0 Å². The van der Waals surface area contributed by atoms with Gasteiger partial charge in [-0.05, 0) is 17.7 Å². The fraction of sp³-hybridized carbons (Fsp3) is 0.500. The summed E-state index contributed by atoms with van der Waals surface area (Å²) in [6.45, 7) is 0.649. The van der Waals surface area contributed by atoms with Gasteiger partial charge in [0.2, 0.25) is 10.0 Å². The Morgan fingerprint density at radius 2 is 2.05 bits per heavy atom. The summed E-state index contributed by atoms with van der Waals surface area (Å²) in [4.78, 5) is 0.274. The van der Waals surface area contributed by atoms with Crippen molar-refractivity contribution in [2.75, 3.05) is 26.3 Å². The highest BCUT2D eigenvalue weighted by Gasteiger charge is 2.30. The zero-order valence-electron chi connectivity index (χ0n) is 10.3. The molecule has 0 amide bonds. The zero-order chi connectivity index (χ0) is 13.9. The van der Waals surface area contributed by atoms with Gasteiger partial charge in [0.15, 0.2) is 0 Å². The summed E-state index contributed by atoms with van der Waals surface area (Å²) in [6.07, 6.45) is -0.439. The molecule has 1 saturated heterocycles. The fourth-order valence-electron chi connectivity index (χ4n) is 1.92. The summed E-state index contributed by atoms with van der Waals surface area (Å²) in [6, 6.07) is 6.78. The minimum Gasteiger partial charge on any atom is -0.394 e. The monoisotopic (exact) mass is 349 g/mol. The molecule has 7 heteroatoms. The minimum atomic E-state index is -3.50. The van der Waals surface area contributed by atoms with E-state index < -0.39 is 16.1 Å². The third-order valence-electron chi connectivity index (χ3n) is 3.02. The maximum atomic E-state index is 12.4. The molecule has 1 aliphatic rings. The Balaban J connectivity index is 2.20. The molecular weight excluding hydrogens is 334 g/mol. The second kappa shape index (κ2) is 6.32. The van der Waals surface area contributed by atoms with Gasteiger partial charge in [0.25, 0.3) is 0 Å². The topological polar surface area (TPSA) is 66.8 Å².